The molecule has 0 aliphatic carbocycles. The fraction of sp³-hybridized carbons (Fsp3) is 0.556. The summed E-state index contributed by atoms with van der Waals surface area (Å²) in [6.07, 6.45) is 2.82. The molecule has 0 aromatic carbocycles. The number of halogens is 2. The predicted molar refractivity (Wildman–Crippen MR) is 58.1 cm³/mol. The Labute approximate surface area is 95.4 Å². The van der Waals surface area contributed by atoms with Crippen LogP contribution in [0, 0.1) is 5.82 Å². The largest absolute Gasteiger partial charge is 0.348 e. The third-order valence-electron chi connectivity index (χ3n) is 2.60. The van der Waals surface area contributed by atoms with Gasteiger partial charge in [0.25, 0.3) is 0 Å². The number of hydrogen-bond acceptors (Lipinski definition) is 3. The first-order valence-electron chi connectivity index (χ1n) is 5.07. The fourth-order valence-corrected chi connectivity index (χ4v) is 1.98. The fourth-order valence-electron chi connectivity index (χ4n) is 1.81. The van der Waals surface area contributed by atoms with Crippen LogP contribution in [0.2, 0.25) is 5.15 Å². The Balaban J connectivity index is 2.51. The summed E-state index contributed by atoms with van der Waals surface area (Å²) in [7, 11) is 0. The molecule has 0 amide bonds. The number of piperidine rings is 1. The van der Waals surface area contributed by atoms with Crippen LogP contribution in [0.5, 0.6) is 0 Å². The molecule has 0 bridgehead atoms. The molecule has 2 rings (SSSR count). The zero-order chi connectivity index (χ0) is 11.7. The molecule has 2 heterocycles. The van der Waals surface area contributed by atoms with E-state index in [1.54, 1.807) is 5.01 Å². The molecule has 16 heavy (non-hydrogen) atoms. The number of rotatable bonds is 1. The number of aromatic nitrogens is 2. The van der Waals surface area contributed by atoms with Gasteiger partial charge in [-0.2, -0.15) is 9.07 Å². The molecular formula is C9H11ClFN3O2. The normalized spacial score (nSPS) is 16.5. The van der Waals surface area contributed by atoms with Crippen molar-refractivity contribution in [1.82, 2.24) is 9.66 Å². The quantitative estimate of drug-likeness (QED) is 0.733. The number of hydrogen-bond donors (Lipinski definition) is 1. The van der Waals surface area contributed by atoms with Crippen molar-refractivity contribution < 1.29 is 4.39 Å². The highest BCUT2D eigenvalue weighted by Gasteiger charge is 2.18. The minimum absolute atomic E-state index is 0.539. The van der Waals surface area contributed by atoms with Gasteiger partial charge in [0.1, 0.15) is 0 Å². The van der Waals surface area contributed by atoms with Crippen molar-refractivity contribution in [3.05, 3.63) is 31.8 Å². The monoisotopic (exact) mass is 247 g/mol. The molecule has 0 unspecified atom stereocenters. The van der Waals surface area contributed by atoms with Gasteiger partial charge in [0, 0.05) is 13.1 Å². The lowest BCUT2D eigenvalue weighted by Gasteiger charge is -2.28. The van der Waals surface area contributed by atoms with E-state index >= 15 is 0 Å². The van der Waals surface area contributed by atoms with E-state index < -0.39 is 22.2 Å². The van der Waals surface area contributed by atoms with Gasteiger partial charge in [-0.05, 0) is 19.3 Å². The summed E-state index contributed by atoms with van der Waals surface area (Å²) in [6, 6.07) is 0. The van der Waals surface area contributed by atoms with Gasteiger partial charge in [0.05, 0.1) is 0 Å². The molecule has 1 aromatic rings. The van der Waals surface area contributed by atoms with Crippen molar-refractivity contribution in [3.8, 4) is 0 Å². The van der Waals surface area contributed by atoms with Crippen LogP contribution in [0.3, 0.4) is 0 Å². The van der Waals surface area contributed by atoms with Crippen LogP contribution in [0.4, 0.5) is 4.39 Å². The molecule has 0 saturated carbocycles. The van der Waals surface area contributed by atoms with Gasteiger partial charge >= 0.3 is 11.2 Å². The van der Waals surface area contributed by atoms with E-state index in [9.17, 15) is 14.0 Å². The molecule has 0 atom stereocenters. The molecule has 7 heteroatoms. The maximum Gasteiger partial charge on any atom is 0.348 e. The molecule has 5 nitrogen and oxygen atoms in total. The van der Waals surface area contributed by atoms with Crippen LogP contribution < -0.4 is 16.3 Å². The lowest BCUT2D eigenvalue weighted by atomic mass is 10.2. The predicted octanol–water partition coefficient (Wildman–Crippen LogP) is 0.451. The molecule has 0 radical (unpaired) electrons. The number of aromatic amines is 1. The summed E-state index contributed by atoms with van der Waals surface area (Å²) in [5.41, 5.74) is -1.69. The van der Waals surface area contributed by atoms with Crippen molar-refractivity contribution in [3.63, 3.8) is 0 Å². The lowest BCUT2D eigenvalue weighted by molar-refractivity contribution is 0.441. The van der Waals surface area contributed by atoms with Crippen molar-refractivity contribution in [2.45, 2.75) is 19.3 Å². The Kier molecular flexibility index (Phi) is 3.00. The van der Waals surface area contributed by atoms with Crippen molar-refractivity contribution in [2.24, 2.45) is 0 Å². The Morgan fingerprint density at radius 3 is 2.44 bits per heavy atom. The summed E-state index contributed by atoms with van der Waals surface area (Å²) < 4.78 is 14.1. The van der Waals surface area contributed by atoms with Crippen LogP contribution in [0.25, 0.3) is 0 Å². The highest BCUT2D eigenvalue weighted by molar-refractivity contribution is 6.29. The topological polar surface area (TPSA) is 58.1 Å². The van der Waals surface area contributed by atoms with Gasteiger partial charge in [0.2, 0.25) is 5.82 Å². The number of nitrogens with zero attached hydrogens (tertiary/aromatic N) is 2. The van der Waals surface area contributed by atoms with Crippen molar-refractivity contribution >= 4 is 11.6 Å². The smallest absolute Gasteiger partial charge is 0.306 e. The molecule has 0 spiro atoms. The second-order valence-corrected chi connectivity index (χ2v) is 4.07. The van der Waals surface area contributed by atoms with E-state index in [2.05, 4.69) is 4.98 Å². The molecule has 1 fully saturated rings. The summed E-state index contributed by atoms with van der Waals surface area (Å²) in [5.74, 6) is -1.12. The van der Waals surface area contributed by atoms with E-state index in [4.69, 9.17) is 11.6 Å². The second kappa shape index (κ2) is 4.29. The Bertz CT molecular complexity index is 504. The first-order valence-corrected chi connectivity index (χ1v) is 5.44. The van der Waals surface area contributed by atoms with E-state index in [-0.39, 0.29) is 0 Å². The average Bonchev–Trinajstić information content (AvgIpc) is 2.28. The van der Waals surface area contributed by atoms with Crippen molar-refractivity contribution in [2.75, 3.05) is 18.1 Å². The van der Waals surface area contributed by atoms with Gasteiger partial charge in [0.15, 0.2) is 5.15 Å². The summed E-state index contributed by atoms with van der Waals surface area (Å²) >= 11 is 5.37. The summed E-state index contributed by atoms with van der Waals surface area (Å²) in [5, 5.41) is 1.01. The summed E-state index contributed by atoms with van der Waals surface area (Å²) in [4.78, 5) is 25.2. The molecule has 1 aliphatic heterocycles. The second-order valence-electron chi connectivity index (χ2n) is 3.69. The van der Waals surface area contributed by atoms with Crippen LogP contribution in [-0.2, 0) is 0 Å². The minimum atomic E-state index is -1.12. The molecule has 1 aliphatic rings. The lowest BCUT2D eigenvalue weighted by Crippen LogP contribution is -2.53. The van der Waals surface area contributed by atoms with Crippen LogP contribution >= 0.6 is 11.6 Å². The van der Waals surface area contributed by atoms with Gasteiger partial charge in [-0.3, -0.25) is 9.78 Å². The first-order chi connectivity index (χ1) is 7.61. The standard InChI is InChI=1S/C9H11ClFN3O2/c10-7-6(11)8(15)14(9(16)12-7)13-4-2-1-3-5-13/h1-5H2,(H,12,16). The molecule has 1 saturated heterocycles. The van der Waals surface area contributed by atoms with Gasteiger partial charge in [-0.15, -0.1) is 0 Å². The molecule has 1 aromatic heterocycles. The van der Waals surface area contributed by atoms with E-state index in [1.165, 1.54) is 0 Å². The van der Waals surface area contributed by atoms with Crippen LogP contribution in [0.1, 0.15) is 19.3 Å². The third kappa shape index (κ3) is 1.84. The molecule has 1 N–H and O–H groups in total. The van der Waals surface area contributed by atoms with Gasteiger partial charge < -0.3 is 5.01 Å². The van der Waals surface area contributed by atoms with Gasteiger partial charge in [-0.25, -0.2) is 4.79 Å². The summed E-state index contributed by atoms with van der Waals surface area (Å²) in [6.45, 7) is 1.15. The highest BCUT2D eigenvalue weighted by Crippen LogP contribution is 2.07. The first kappa shape index (κ1) is 11.2. The number of H-pyrrole nitrogens is 1. The zero-order valence-electron chi connectivity index (χ0n) is 8.50. The molecular weight excluding hydrogens is 237 g/mol. The average molecular weight is 248 g/mol. The van der Waals surface area contributed by atoms with E-state index in [1.807, 2.05) is 0 Å². The Morgan fingerprint density at radius 1 is 1.19 bits per heavy atom. The Hall–Kier alpha value is -1.30. The number of nitrogens with one attached hydrogen (secondary N) is 1. The SMILES string of the molecule is O=c1[nH]c(Cl)c(F)c(=O)n1N1CCCCC1. The van der Waals surface area contributed by atoms with E-state index in [0.717, 1.165) is 23.9 Å². The minimum Gasteiger partial charge on any atom is -0.306 e. The van der Waals surface area contributed by atoms with Gasteiger partial charge in [-0.1, -0.05) is 11.6 Å². The van der Waals surface area contributed by atoms with Crippen LogP contribution in [0.15, 0.2) is 9.59 Å². The van der Waals surface area contributed by atoms with Crippen LogP contribution in [-0.4, -0.2) is 22.7 Å². The maximum atomic E-state index is 13.3. The Morgan fingerprint density at radius 2 is 1.81 bits per heavy atom. The highest BCUT2D eigenvalue weighted by atomic mass is 35.5. The maximum absolute atomic E-state index is 13.3. The molecule has 88 valence electrons. The van der Waals surface area contributed by atoms with Crippen molar-refractivity contribution in [1.29, 1.82) is 0 Å². The zero-order valence-corrected chi connectivity index (χ0v) is 9.26. The third-order valence-corrected chi connectivity index (χ3v) is 2.86. The van der Waals surface area contributed by atoms with E-state index in [0.29, 0.717) is 13.1 Å².